The number of hydrogen-bond donors (Lipinski definition) is 5. The molecule has 0 aliphatic carbocycles. The Balaban J connectivity index is 4.46. The van der Waals surface area contributed by atoms with E-state index in [1.165, 1.54) is 89.9 Å². The summed E-state index contributed by atoms with van der Waals surface area (Å²) >= 11 is 0. The van der Waals surface area contributed by atoms with Gasteiger partial charge in [0, 0.05) is 6.54 Å². The Morgan fingerprint density at radius 3 is 1.79 bits per heavy atom. The number of phosphoric acid groups is 1. The molecule has 0 heterocycles. The van der Waals surface area contributed by atoms with Crippen LogP contribution in [-0.2, 0) is 18.4 Å². The lowest BCUT2D eigenvalue weighted by Crippen LogP contribution is -2.46. The summed E-state index contributed by atoms with van der Waals surface area (Å²) in [5, 5.41) is 23.8. The van der Waals surface area contributed by atoms with Crippen LogP contribution in [0.15, 0.2) is 12.2 Å². The Kier molecular flexibility index (Phi) is 29.3. The zero-order valence-corrected chi connectivity index (χ0v) is 28.5. The van der Waals surface area contributed by atoms with Crippen molar-refractivity contribution in [1.82, 2.24) is 5.32 Å². The molecule has 4 atom stereocenters. The monoisotopic (exact) mass is 634 g/mol. The van der Waals surface area contributed by atoms with E-state index in [0.29, 0.717) is 6.42 Å². The molecule has 4 unspecified atom stereocenters. The number of carbonyl (C=O) groups excluding carboxylic acids is 1. The minimum Gasteiger partial charge on any atom is -0.393 e. The molecule has 0 aliphatic rings. The maximum absolute atomic E-state index is 12.7. The number of aliphatic hydroxyl groups excluding tert-OH is 2. The van der Waals surface area contributed by atoms with E-state index >= 15 is 0 Å². The average Bonchev–Trinajstić information content (AvgIpc) is 2.97. The van der Waals surface area contributed by atoms with Crippen molar-refractivity contribution in [3.63, 3.8) is 0 Å². The van der Waals surface area contributed by atoms with Crippen molar-refractivity contribution in [2.45, 2.75) is 173 Å². The summed E-state index contributed by atoms with van der Waals surface area (Å²) in [5.41, 5.74) is 5.32. The Hall–Kier alpha value is -0.800. The highest BCUT2D eigenvalue weighted by atomic mass is 31.2. The van der Waals surface area contributed by atoms with Gasteiger partial charge in [0.1, 0.15) is 0 Å². The highest BCUT2D eigenvalue weighted by Gasteiger charge is 2.27. The van der Waals surface area contributed by atoms with Gasteiger partial charge in [0.05, 0.1) is 37.9 Å². The standard InChI is InChI=1S/C33H67N2O7P/c1-3-5-7-9-11-13-14-15-17-18-20-22-24-30(36)28-33(38)35-31(29-42-43(39,40)41-27-26-34)32(37)25-23-21-19-16-12-10-8-6-4-2/h23,25,30-32,36-37H,3-22,24,26-29,34H2,1-2H3,(H,35,38)(H,39,40)/b25-23+. The lowest BCUT2D eigenvalue weighted by molar-refractivity contribution is -0.124. The Bertz CT molecular complexity index is 711. The molecule has 0 bridgehead atoms. The van der Waals surface area contributed by atoms with Gasteiger partial charge in [0.2, 0.25) is 5.91 Å². The Morgan fingerprint density at radius 2 is 1.28 bits per heavy atom. The van der Waals surface area contributed by atoms with E-state index in [0.717, 1.165) is 38.5 Å². The van der Waals surface area contributed by atoms with Gasteiger partial charge in [-0.05, 0) is 19.3 Å². The van der Waals surface area contributed by atoms with Crippen LogP contribution in [0.3, 0.4) is 0 Å². The fraction of sp³-hybridized carbons (Fsp3) is 0.909. The van der Waals surface area contributed by atoms with Gasteiger partial charge in [-0.15, -0.1) is 0 Å². The third-order valence-electron chi connectivity index (χ3n) is 7.67. The van der Waals surface area contributed by atoms with Crippen molar-refractivity contribution < 1.29 is 33.5 Å². The second-order valence-corrected chi connectivity index (χ2v) is 13.4. The first-order valence-corrected chi connectivity index (χ1v) is 18.9. The molecule has 0 rings (SSSR count). The predicted octanol–water partition coefficient (Wildman–Crippen LogP) is 7.46. The number of nitrogens with two attached hydrogens (primary N) is 1. The molecule has 0 saturated heterocycles. The number of nitrogens with one attached hydrogen (secondary N) is 1. The van der Waals surface area contributed by atoms with Crippen molar-refractivity contribution in [2.24, 2.45) is 5.73 Å². The van der Waals surface area contributed by atoms with Crippen molar-refractivity contribution in [3.05, 3.63) is 12.2 Å². The smallest absolute Gasteiger partial charge is 0.393 e. The zero-order chi connectivity index (χ0) is 32.0. The first-order chi connectivity index (χ1) is 20.8. The molecule has 0 aromatic rings. The quantitative estimate of drug-likeness (QED) is 0.0290. The highest BCUT2D eigenvalue weighted by Crippen LogP contribution is 2.43. The summed E-state index contributed by atoms with van der Waals surface area (Å²) in [6.07, 6.45) is 25.9. The normalized spacial score (nSPS) is 15.4. The number of allylic oxidation sites excluding steroid dienone is 1. The van der Waals surface area contributed by atoms with Crippen molar-refractivity contribution in [3.8, 4) is 0 Å². The SMILES string of the molecule is CCCCCCCCC/C=C/C(O)C(COP(=O)(O)OCCN)NC(=O)CC(O)CCCCCCCCCCCCCC. The van der Waals surface area contributed by atoms with E-state index < -0.39 is 38.6 Å². The Labute approximate surface area is 263 Å². The molecule has 0 fully saturated rings. The molecule has 1 amide bonds. The van der Waals surface area contributed by atoms with Crippen LogP contribution in [0.4, 0.5) is 0 Å². The summed E-state index contributed by atoms with van der Waals surface area (Å²) in [7, 11) is -4.38. The van der Waals surface area contributed by atoms with Gasteiger partial charge in [-0.25, -0.2) is 4.57 Å². The van der Waals surface area contributed by atoms with Crippen LogP contribution >= 0.6 is 7.82 Å². The molecule has 6 N–H and O–H groups in total. The second-order valence-electron chi connectivity index (χ2n) is 11.9. The summed E-state index contributed by atoms with van der Waals surface area (Å²) in [4.78, 5) is 22.5. The number of phosphoric ester groups is 1. The average molecular weight is 635 g/mol. The number of unbranched alkanes of at least 4 members (excludes halogenated alkanes) is 18. The van der Waals surface area contributed by atoms with Crippen molar-refractivity contribution in [1.29, 1.82) is 0 Å². The number of aliphatic hydroxyl groups is 2. The number of hydrogen-bond acceptors (Lipinski definition) is 7. The predicted molar refractivity (Wildman–Crippen MR) is 177 cm³/mol. The van der Waals surface area contributed by atoms with Crippen LogP contribution in [0.1, 0.15) is 155 Å². The van der Waals surface area contributed by atoms with Crippen molar-refractivity contribution in [2.75, 3.05) is 19.8 Å². The van der Waals surface area contributed by atoms with E-state index in [1.54, 1.807) is 6.08 Å². The third kappa shape index (κ3) is 28.4. The van der Waals surface area contributed by atoms with E-state index in [4.69, 9.17) is 14.8 Å². The van der Waals surface area contributed by atoms with Crippen LogP contribution in [0.25, 0.3) is 0 Å². The van der Waals surface area contributed by atoms with Gasteiger partial charge in [0.25, 0.3) is 0 Å². The third-order valence-corrected chi connectivity index (χ3v) is 8.65. The molecule has 0 aliphatic heterocycles. The molecule has 0 spiro atoms. The molecule has 43 heavy (non-hydrogen) atoms. The van der Waals surface area contributed by atoms with Gasteiger partial charge in [-0.1, -0.05) is 142 Å². The molecule has 256 valence electrons. The number of amides is 1. The zero-order valence-electron chi connectivity index (χ0n) is 27.6. The molecule has 0 aromatic carbocycles. The van der Waals surface area contributed by atoms with Crippen LogP contribution < -0.4 is 11.1 Å². The van der Waals surface area contributed by atoms with E-state index in [-0.39, 0.29) is 19.6 Å². The molecule has 10 heteroatoms. The second kappa shape index (κ2) is 29.9. The molecule has 0 aromatic heterocycles. The largest absolute Gasteiger partial charge is 0.472 e. The minimum absolute atomic E-state index is 0.0507. The van der Waals surface area contributed by atoms with Gasteiger partial charge in [-0.2, -0.15) is 0 Å². The molecular formula is C33H67N2O7P. The van der Waals surface area contributed by atoms with Gasteiger partial charge >= 0.3 is 7.82 Å². The van der Waals surface area contributed by atoms with Crippen LogP contribution in [0.2, 0.25) is 0 Å². The van der Waals surface area contributed by atoms with Crippen LogP contribution in [0.5, 0.6) is 0 Å². The topological polar surface area (TPSA) is 151 Å². The lowest BCUT2D eigenvalue weighted by Gasteiger charge is -2.24. The molecule has 0 saturated carbocycles. The maximum atomic E-state index is 12.7. The highest BCUT2D eigenvalue weighted by molar-refractivity contribution is 7.47. The summed E-state index contributed by atoms with van der Waals surface area (Å²) in [5.74, 6) is -0.449. The maximum Gasteiger partial charge on any atom is 0.472 e. The lowest BCUT2D eigenvalue weighted by atomic mass is 10.0. The van der Waals surface area contributed by atoms with Crippen LogP contribution in [0, 0.1) is 0 Å². The van der Waals surface area contributed by atoms with Gasteiger partial charge in [-0.3, -0.25) is 13.8 Å². The molecular weight excluding hydrogens is 567 g/mol. The minimum atomic E-state index is -4.38. The summed E-state index contributed by atoms with van der Waals surface area (Å²) in [6.45, 7) is 3.91. The molecule has 0 radical (unpaired) electrons. The van der Waals surface area contributed by atoms with Crippen molar-refractivity contribution >= 4 is 13.7 Å². The first-order valence-electron chi connectivity index (χ1n) is 17.4. The fourth-order valence-electron chi connectivity index (χ4n) is 5.00. The number of rotatable bonds is 32. The van der Waals surface area contributed by atoms with E-state index in [1.807, 2.05) is 6.08 Å². The van der Waals surface area contributed by atoms with Crippen LogP contribution in [-0.4, -0.2) is 59.0 Å². The Morgan fingerprint density at radius 1 is 0.791 bits per heavy atom. The number of carbonyl (C=O) groups is 1. The van der Waals surface area contributed by atoms with E-state index in [2.05, 4.69) is 19.2 Å². The summed E-state index contributed by atoms with van der Waals surface area (Å²) in [6, 6.07) is -0.974. The molecule has 9 nitrogen and oxygen atoms in total. The van der Waals surface area contributed by atoms with E-state index in [9.17, 15) is 24.5 Å². The van der Waals surface area contributed by atoms with Gasteiger partial charge in [0.15, 0.2) is 0 Å². The first kappa shape index (κ1) is 42.2. The van der Waals surface area contributed by atoms with Gasteiger partial charge < -0.3 is 26.2 Å². The summed E-state index contributed by atoms with van der Waals surface area (Å²) < 4.78 is 21.9. The fourth-order valence-corrected chi connectivity index (χ4v) is 5.76.